The molecule has 7 aliphatic rings. The van der Waals surface area contributed by atoms with Gasteiger partial charge in [0.15, 0.2) is 18.7 Å². The van der Waals surface area contributed by atoms with E-state index in [4.69, 9.17) is 33.5 Å². The number of hydrogen-bond acceptors (Lipinski definition) is 16. The van der Waals surface area contributed by atoms with Crippen molar-refractivity contribution in [3.05, 3.63) is 11.6 Å². The van der Waals surface area contributed by atoms with E-state index >= 15 is 0 Å². The molecule has 4 saturated carbocycles. The number of carboxylic acids is 3. The molecule has 6 fully saturated rings. The Morgan fingerprint density at radius 2 is 1.43 bits per heavy atom. The van der Waals surface area contributed by atoms with Crippen LogP contribution < -0.4 is 0 Å². The van der Waals surface area contributed by atoms with Gasteiger partial charge in [0.2, 0.25) is 0 Å². The first kappa shape index (κ1) is 52.5. The molecule has 2 aliphatic heterocycles. The van der Waals surface area contributed by atoms with Crippen molar-refractivity contribution in [2.75, 3.05) is 26.4 Å². The largest absolute Gasteiger partial charge is 0.481 e. The number of carboxylic acid groups (broad SMARTS) is 3. The van der Waals surface area contributed by atoms with Gasteiger partial charge in [0.25, 0.3) is 0 Å². The van der Waals surface area contributed by atoms with Gasteiger partial charge in [-0.3, -0.25) is 4.79 Å². The van der Waals surface area contributed by atoms with Crippen LogP contribution in [0, 0.1) is 50.2 Å². The number of aliphatic carboxylic acids is 3. The molecule has 0 amide bonds. The number of aliphatic hydroxyl groups is 7. The van der Waals surface area contributed by atoms with E-state index in [0.29, 0.717) is 19.3 Å². The van der Waals surface area contributed by atoms with E-state index in [9.17, 15) is 60.3 Å². The van der Waals surface area contributed by atoms with Crippen molar-refractivity contribution in [3.8, 4) is 0 Å². The Labute approximate surface area is 391 Å². The third-order valence-corrected chi connectivity index (χ3v) is 18.7. The summed E-state index contributed by atoms with van der Waals surface area (Å²) < 4.78 is 35.2. The van der Waals surface area contributed by atoms with Gasteiger partial charge in [-0.2, -0.15) is 0 Å². The average molecular weight is 957 g/mol. The number of allylic oxidation sites excluding steroid dienone is 2. The molecule has 2 heterocycles. The maximum atomic E-state index is 13.1. The number of carbonyl (C=O) groups is 3. The highest BCUT2D eigenvalue weighted by molar-refractivity contribution is 5.76. The van der Waals surface area contributed by atoms with Crippen molar-refractivity contribution in [2.24, 2.45) is 50.2 Å². The van der Waals surface area contributed by atoms with Gasteiger partial charge in [-0.15, -0.1) is 0 Å². The van der Waals surface area contributed by atoms with Gasteiger partial charge in [-0.05, 0) is 109 Å². The first-order chi connectivity index (χ1) is 31.2. The van der Waals surface area contributed by atoms with Crippen LogP contribution in [0.15, 0.2) is 11.6 Å². The second-order valence-corrected chi connectivity index (χ2v) is 23.0. The van der Waals surface area contributed by atoms with Crippen LogP contribution in [0.2, 0.25) is 0 Å². The average Bonchev–Trinajstić information content (AvgIpc) is 3.25. The molecule has 0 radical (unpaired) electrons. The summed E-state index contributed by atoms with van der Waals surface area (Å²) in [4.78, 5) is 36.2. The maximum absolute atomic E-state index is 13.1. The number of hydrogen-bond donors (Lipinski definition) is 10. The van der Waals surface area contributed by atoms with Crippen LogP contribution in [0.4, 0.5) is 0 Å². The first-order valence-electron chi connectivity index (χ1n) is 24.1. The zero-order chi connectivity index (χ0) is 49.4. The van der Waals surface area contributed by atoms with Crippen molar-refractivity contribution in [1.29, 1.82) is 0 Å². The fourth-order valence-electron chi connectivity index (χ4n) is 14.6. The summed E-state index contributed by atoms with van der Waals surface area (Å²) in [6.07, 6.45) is -11.0. The van der Waals surface area contributed by atoms with Gasteiger partial charge in [-0.1, -0.05) is 60.1 Å². The molecular weight excluding hydrogens is 881 g/mol. The van der Waals surface area contributed by atoms with Crippen molar-refractivity contribution in [1.82, 2.24) is 0 Å². The molecule has 5 aliphatic carbocycles. The second kappa shape index (κ2) is 19.0. The highest BCUT2D eigenvalue weighted by Gasteiger charge is 2.70. The highest BCUT2D eigenvalue weighted by Crippen LogP contribution is 2.76. The molecule has 1 unspecified atom stereocenters. The van der Waals surface area contributed by atoms with Crippen LogP contribution in [-0.2, 0) is 42.8 Å². The summed E-state index contributed by atoms with van der Waals surface area (Å²) in [5, 5.41) is 105. The zero-order valence-corrected chi connectivity index (χ0v) is 39.9. The van der Waals surface area contributed by atoms with E-state index < -0.39 is 135 Å². The molecule has 10 N–H and O–H groups in total. The Bertz CT molecular complexity index is 1860. The molecule has 0 aromatic carbocycles. The van der Waals surface area contributed by atoms with E-state index in [2.05, 4.69) is 54.5 Å². The zero-order valence-electron chi connectivity index (χ0n) is 39.9. The molecule has 382 valence electrons. The van der Waals surface area contributed by atoms with E-state index in [1.807, 2.05) is 0 Å². The van der Waals surface area contributed by atoms with Gasteiger partial charge in [0.1, 0.15) is 61.5 Å². The lowest BCUT2D eigenvalue weighted by molar-refractivity contribution is -0.353. The van der Waals surface area contributed by atoms with Gasteiger partial charge >= 0.3 is 17.9 Å². The molecule has 0 aromatic heterocycles. The van der Waals surface area contributed by atoms with Crippen LogP contribution in [0.5, 0.6) is 0 Å². The Morgan fingerprint density at radius 1 is 0.776 bits per heavy atom. The highest BCUT2D eigenvalue weighted by atomic mass is 16.7. The SMILES string of the molecule is CC1(C)CC[C@]2(C(=O)O)CC[C@]3(C)C(=CC[C@@H]4[C@@]5(C)CC[C@H](O[C@@H]6O[C@H](CO[C@@H]7O[C@H](CO)[C@@H](O)[C@H](O)[C@H]7O)[C@@H](O[C@H](COCC(=O)O)C(O)C(=O)O)[C@H](O)[C@H]6O)C(C)(C)[C@@H]5CC[C@]43C)[C@@H]2C1. The Kier molecular flexibility index (Phi) is 14.9. The van der Waals surface area contributed by atoms with Gasteiger partial charge in [0, 0.05) is 0 Å². The number of fused-ring (bicyclic) bond motifs is 7. The number of rotatable bonds is 15. The monoisotopic (exact) mass is 956 g/mol. The molecular formula is C48H76O19. The van der Waals surface area contributed by atoms with E-state index in [0.717, 1.165) is 44.9 Å². The first-order valence-corrected chi connectivity index (χ1v) is 24.1. The second-order valence-electron chi connectivity index (χ2n) is 23.0. The fraction of sp³-hybridized carbons (Fsp3) is 0.896. The van der Waals surface area contributed by atoms with Crippen molar-refractivity contribution < 1.29 is 93.9 Å². The van der Waals surface area contributed by atoms with Crippen LogP contribution >= 0.6 is 0 Å². The summed E-state index contributed by atoms with van der Waals surface area (Å²) in [6, 6.07) is 0. The minimum absolute atomic E-state index is 0.0107. The summed E-state index contributed by atoms with van der Waals surface area (Å²) in [5.41, 5.74) is -0.287. The molecule has 67 heavy (non-hydrogen) atoms. The molecule has 19 heteroatoms. The summed E-state index contributed by atoms with van der Waals surface area (Å²) in [6.45, 7) is 13.0. The summed E-state index contributed by atoms with van der Waals surface area (Å²) in [5.74, 6) is -3.40. The normalized spacial score (nSPS) is 46.6. The van der Waals surface area contributed by atoms with Gasteiger partial charge in [-0.25, -0.2) is 9.59 Å². The molecule has 0 aromatic rings. The molecule has 0 spiro atoms. The van der Waals surface area contributed by atoms with Crippen LogP contribution in [-0.4, -0.2) is 175 Å². The minimum atomic E-state index is -2.29. The van der Waals surface area contributed by atoms with Crippen molar-refractivity contribution >= 4 is 17.9 Å². The van der Waals surface area contributed by atoms with Crippen molar-refractivity contribution in [3.63, 3.8) is 0 Å². The standard InChI is InChI=1S/C48H76O19/c1-43(2)14-16-48(42(60)61)17-15-46(6)23(24(48)18-43)8-9-29-45(5)12-11-30(44(3,4)28(45)10-13-47(29,46)7)67-41-37(57)35(55)38(64-26(33(53)39(58)59)20-62-22-31(50)51)27(66-41)21-63-40-36(56)34(54)32(52)25(19-49)65-40/h8,24-30,32-38,40-41,49,52-57H,9-22H2,1-7H3,(H,50,51)(H,58,59)(H,60,61)/t24-,25+,26+,27+,28-,29+,30-,32+,33?,34-,35+,36+,37+,38+,40+,41-,45-,46+,47+,48-/m0/s1. The lowest BCUT2D eigenvalue weighted by Gasteiger charge is -2.71. The van der Waals surface area contributed by atoms with E-state index in [-0.39, 0.29) is 39.4 Å². The lowest BCUT2D eigenvalue weighted by atomic mass is 9.33. The third kappa shape index (κ3) is 9.03. The summed E-state index contributed by atoms with van der Waals surface area (Å²) in [7, 11) is 0. The van der Waals surface area contributed by atoms with E-state index in [1.54, 1.807) is 0 Å². The minimum Gasteiger partial charge on any atom is -0.481 e. The van der Waals surface area contributed by atoms with Crippen molar-refractivity contribution in [2.45, 2.75) is 192 Å². The molecule has 2 saturated heterocycles. The Hall–Kier alpha value is -2.37. The predicted octanol–water partition coefficient (Wildman–Crippen LogP) is 1.82. The Morgan fingerprint density at radius 3 is 2.07 bits per heavy atom. The van der Waals surface area contributed by atoms with Crippen LogP contribution in [0.1, 0.15) is 113 Å². The third-order valence-electron chi connectivity index (χ3n) is 18.7. The van der Waals surface area contributed by atoms with Gasteiger partial charge in [0.05, 0.1) is 31.3 Å². The molecule has 19 nitrogen and oxygen atoms in total. The molecule has 7 rings (SSSR count). The number of ether oxygens (including phenoxy) is 6. The predicted molar refractivity (Wildman–Crippen MR) is 233 cm³/mol. The maximum Gasteiger partial charge on any atom is 0.335 e. The Balaban J connectivity index is 1.13. The molecule has 0 bridgehead atoms. The van der Waals surface area contributed by atoms with Crippen LogP contribution in [0.3, 0.4) is 0 Å². The van der Waals surface area contributed by atoms with Crippen LogP contribution in [0.25, 0.3) is 0 Å². The number of aliphatic hydroxyl groups excluding tert-OH is 7. The molecule has 20 atom stereocenters. The lowest BCUT2D eigenvalue weighted by Crippen LogP contribution is -2.66. The van der Waals surface area contributed by atoms with Gasteiger partial charge < -0.3 is 79.5 Å². The topological polar surface area (TPSA) is 309 Å². The fourth-order valence-corrected chi connectivity index (χ4v) is 14.6. The smallest absolute Gasteiger partial charge is 0.335 e. The quantitative estimate of drug-likeness (QED) is 0.0827. The van der Waals surface area contributed by atoms with E-state index in [1.165, 1.54) is 5.57 Å². The summed E-state index contributed by atoms with van der Waals surface area (Å²) >= 11 is 0.